The van der Waals surface area contributed by atoms with Crippen LogP contribution in [0.15, 0.2) is 18.2 Å². The Bertz CT molecular complexity index is 877. The van der Waals surface area contributed by atoms with Gasteiger partial charge in [0.15, 0.2) is 0 Å². The number of esters is 1. The van der Waals surface area contributed by atoms with Gasteiger partial charge in [0.05, 0.1) is 16.7 Å². The molecular weight excluding hydrogens is 516 g/mol. The highest BCUT2D eigenvalue weighted by atomic mass is 16.6. The summed E-state index contributed by atoms with van der Waals surface area (Å²) >= 11 is 0. The standard InChI is InChI=1S/C35H58O6/c1-5-9-12-14-16-19-26-35(27-20-17-15-13-10-6-2,28(22-8-4)23-18-11-7-3)41-34(40)30-25-21-24-29(32(36)37)31(30)33(38)39/h21,24-25,28H,5-20,22-23,26-27H2,1-4H3,(H,36,37)(H,38,39). The molecule has 0 radical (unpaired) electrons. The number of carbonyl (C=O) groups is 3. The molecule has 0 aliphatic rings. The van der Waals surface area contributed by atoms with Crippen molar-refractivity contribution in [2.45, 2.75) is 162 Å². The third-order valence-electron chi connectivity index (χ3n) is 8.47. The fourth-order valence-electron chi connectivity index (χ4n) is 6.16. The summed E-state index contributed by atoms with van der Waals surface area (Å²) in [5, 5.41) is 19.5. The normalized spacial score (nSPS) is 12.3. The average molecular weight is 575 g/mol. The topological polar surface area (TPSA) is 101 Å². The van der Waals surface area contributed by atoms with Crippen LogP contribution in [0.2, 0.25) is 0 Å². The lowest BCUT2D eigenvalue weighted by molar-refractivity contribution is -0.0700. The SMILES string of the molecule is CCCCCCCCC(CCCCCCCC)(OC(=O)c1cccc(C(=O)O)c1C(=O)O)C(CCC)CCCCC. The minimum atomic E-state index is -1.43. The van der Waals surface area contributed by atoms with Gasteiger partial charge >= 0.3 is 17.9 Å². The molecule has 0 aliphatic heterocycles. The molecule has 0 aromatic heterocycles. The molecule has 0 amide bonds. The summed E-state index contributed by atoms with van der Waals surface area (Å²) in [5.41, 5.74) is -1.74. The van der Waals surface area contributed by atoms with E-state index in [1.165, 1.54) is 56.7 Å². The molecule has 0 fully saturated rings. The van der Waals surface area contributed by atoms with Gasteiger partial charge in [0.2, 0.25) is 0 Å². The number of hydrogen-bond donors (Lipinski definition) is 2. The fourth-order valence-corrected chi connectivity index (χ4v) is 6.16. The monoisotopic (exact) mass is 574 g/mol. The molecule has 0 spiro atoms. The van der Waals surface area contributed by atoms with Crippen LogP contribution in [0.1, 0.15) is 187 Å². The van der Waals surface area contributed by atoms with Crippen molar-refractivity contribution in [3.63, 3.8) is 0 Å². The minimum Gasteiger partial charge on any atom is -0.478 e. The number of carboxylic acids is 2. The predicted molar refractivity (Wildman–Crippen MR) is 167 cm³/mol. The van der Waals surface area contributed by atoms with Crippen molar-refractivity contribution in [1.29, 1.82) is 0 Å². The maximum absolute atomic E-state index is 13.9. The van der Waals surface area contributed by atoms with E-state index in [0.717, 1.165) is 89.9 Å². The van der Waals surface area contributed by atoms with Gasteiger partial charge in [-0.15, -0.1) is 0 Å². The highest BCUT2D eigenvalue weighted by Gasteiger charge is 2.41. The van der Waals surface area contributed by atoms with Crippen molar-refractivity contribution in [3.8, 4) is 0 Å². The van der Waals surface area contributed by atoms with E-state index in [2.05, 4.69) is 27.7 Å². The third-order valence-corrected chi connectivity index (χ3v) is 8.47. The number of hydrogen-bond acceptors (Lipinski definition) is 4. The Morgan fingerprint density at radius 1 is 0.634 bits per heavy atom. The van der Waals surface area contributed by atoms with Crippen LogP contribution in [-0.2, 0) is 4.74 Å². The van der Waals surface area contributed by atoms with Gasteiger partial charge < -0.3 is 14.9 Å². The highest BCUT2D eigenvalue weighted by Crippen LogP contribution is 2.41. The number of ether oxygens (including phenoxy) is 1. The van der Waals surface area contributed by atoms with Crippen LogP contribution >= 0.6 is 0 Å². The maximum atomic E-state index is 13.9. The van der Waals surface area contributed by atoms with E-state index in [1.54, 1.807) is 0 Å². The summed E-state index contributed by atoms with van der Waals surface area (Å²) in [5.74, 6) is -3.32. The molecule has 0 bridgehead atoms. The quantitative estimate of drug-likeness (QED) is 0.0889. The van der Waals surface area contributed by atoms with Gasteiger partial charge in [-0.25, -0.2) is 14.4 Å². The van der Waals surface area contributed by atoms with Crippen LogP contribution in [0, 0.1) is 5.92 Å². The molecule has 1 atom stereocenters. The molecule has 1 aromatic carbocycles. The van der Waals surface area contributed by atoms with E-state index in [1.807, 2.05) is 0 Å². The van der Waals surface area contributed by atoms with Crippen LogP contribution in [0.25, 0.3) is 0 Å². The smallest absolute Gasteiger partial charge is 0.339 e. The fraction of sp³-hybridized carbons (Fsp3) is 0.743. The Hall–Kier alpha value is -2.37. The Kier molecular flexibility index (Phi) is 19.1. The highest BCUT2D eigenvalue weighted by molar-refractivity contribution is 6.09. The minimum absolute atomic E-state index is 0.170. The maximum Gasteiger partial charge on any atom is 0.339 e. The number of aromatic carboxylic acids is 2. The van der Waals surface area contributed by atoms with Gasteiger partial charge in [-0.3, -0.25) is 0 Å². The molecule has 1 aromatic rings. The zero-order chi connectivity index (χ0) is 30.5. The lowest BCUT2D eigenvalue weighted by Crippen LogP contribution is -2.43. The molecule has 6 heteroatoms. The molecule has 1 unspecified atom stereocenters. The summed E-state index contributed by atoms with van der Waals surface area (Å²) in [6, 6.07) is 4.05. The van der Waals surface area contributed by atoms with Crippen molar-refractivity contribution in [2.24, 2.45) is 5.92 Å². The zero-order valence-corrected chi connectivity index (χ0v) is 26.5. The Balaban J connectivity index is 3.45. The van der Waals surface area contributed by atoms with Gasteiger partial charge in [-0.2, -0.15) is 0 Å². The van der Waals surface area contributed by atoms with Crippen LogP contribution in [0.3, 0.4) is 0 Å². The van der Waals surface area contributed by atoms with Gasteiger partial charge in [0, 0.05) is 0 Å². The van der Waals surface area contributed by atoms with Crippen molar-refractivity contribution in [2.75, 3.05) is 0 Å². The second-order valence-electron chi connectivity index (χ2n) is 11.8. The molecule has 2 N–H and O–H groups in total. The number of benzene rings is 1. The van der Waals surface area contributed by atoms with Crippen LogP contribution in [0.5, 0.6) is 0 Å². The van der Waals surface area contributed by atoms with E-state index in [4.69, 9.17) is 4.74 Å². The number of carboxylic acid groups (broad SMARTS) is 2. The predicted octanol–water partition coefficient (Wildman–Crippen LogP) is 10.5. The van der Waals surface area contributed by atoms with Crippen LogP contribution < -0.4 is 0 Å². The van der Waals surface area contributed by atoms with E-state index < -0.39 is 34.6 Å². The molecule has 1 rings (SSSR count). The van der Waals surface area contributed by atoms with Crippen molar-refractivity contribution >= 4 is 17.9 Å². The lowest BCUT2D eigenvalue weighted by atomic mass is 9.74. The number of rotatable bonds is 25. The average Bonchev–Trinajstić information content (AvgIpc) is 2.95. The van der Waals surface area contributed by atoms with Crippen molar-refractivity contribution in [1.82, 2.24) is 0 Å². The van der Waals surface area contributed by atoms with Gasteiger partial charge in [-0.05, 0) is 56.6 Å². The second kappa shape index (κ2) is 21.4. The first-order valence-corrected chi connectivity index (χ1v) is 16.6. The molecule has 0 saturated heterocycles. The zero-order valence-electron chi connectivity index (χ0n) is 26.5. The molecule has 0 saturated carbocycles. The van der Waals surface area contributed by atoms with Crippen LogP contribution in [-0.4, -0.2) is 33.7 Å². The summed E-state index contributed by atoms with van der Waals surface area (Å²) in [7, 11) is 0. The van der Waals surface area contributed by atoms with Gasteiger partial charge in [-0.1, -0.05) is 124 Å². The molecule has 41 heavy (non-hydrogen) atoms. The summed E-state index contributed by atoms with van der Waals surface area (Å²) in [6.45, 7) is 8.79. The number of carbonyl (C=O) groups excluding carboxylic acids is 1. The molecule has 234 valence electrons. The van der Waals surface area contributed by atoms with E-state index in [-0.39, 0.29) is 11.5 Å². The molecule has 0 aliphatic carbocycles. The largest absolute Gasteiger partial charge is 0.478 e. The summed E-state index contributed by atoms with van der Waals surface area (Å²) in [4.78, 5) is 37.8. The molecule has 6 nitrogen and oxygen atoms in total. The van der Waals surface area contributed by atoms with E-state index in [0.29, 0.717) is 0 Å². The number of unbranched alkanes of at least 4 members (excludes halogenated alkanes) is 12. The first-order valence-electron chi connectivity index (χ1n) is 16.6. The van der Waals surface area contributed by atoms with Gasteiger partial charge in [0.1, 0.15) is 5.60 Å². The third kappa shape index (κ3) is 13.0. The molecular formula is C35H58O6. The Morgan fingerprint density at radius 3 is 1.61 bits per heavy atom. The van der Waals surface area contributed by atoms with Gasteiger partial charge in [0.25, 0.3) is 0 Å². The summed E-state index contributed by atoms with van der Waals surface area (Å²) < 4.78 is 6.56. The first kappa shape index (κ1) is 36.7. The van der Waals surface area contributed by atoms with E-state index >= 15 is 0 Å². The van der Waals surface area contributed by atoms with E-state index in [9.17, 15) is 24.6 Å². The first-order chi connectivity index (χ1) is 19.8. The Labute approximate surface area is 249 Å². The Morgan fingerprint density at radius 2 is 1.12 bits per heavy atom. The van der Waals surface area contributed by atoms with Crippen LogP contribution in [0.4, 0.5) is 0 Å². The van der Waals surface area contributed by atoms with Crippen molar-refractivity contribution in [3.05, 3.63) is 34.9 Å². The van der Waals surface area contributed by atoms with Crippen molar-refractivity contribution < 1.29 is 29.3 Å². The second-order valence-corrected chi connectivity index (χ2v) is 11.8. The summed E-state index contributed by atoms with van der Waals surface area (Å²) in [6.07, 6.45) is 21.4. The lowest BCUT2D eigenvalue weighted by Gasteiger charge is -2.41. The molecule has 0 heterocycles.